The fourth-order valence-corrected chi connectivity index (χ4v) is 5.14. The van der Waals surface area contributed by atoms with Gasteiger partial charge in [-0.2, -0.15) is 0 Å². The van der Waals surface area contributed by atoms with Crippen LogP contribution < -0.4 is 21.3 Å². The van der Waals surface area contributed by atoms with E-state index in [-0.39, 0.29) is 29.6 Å². The Bertz CT molecular complexity index is 1360. The summed E-state index contributed by atoms with van der Waals surface area (Å²) in [5.41, 5.74) is 0.876. The number of benzene rings is 1. The highest BCUT2D eigenvalue weighted by molar-refractivity contribution is 7.09. The third-order valence-electron chi connectivity index (χ3n) is 6.72. The van der Waals surface area contributed by atoms with Gasteiger partial charge in [-0.05, 0) is 18.4 Å². The van der Waals surface area contributed by atoms with Crippen molar-refractivity contribution in [2.75, 3.05) is 6.61 Å². The van der Waals surface area contributed by atoms with Crippen molar-refractivity contribution >= 4 is 35.0 Å². The van der Waals surface area contributed by atoms with Gasteiger partial charge in [-0.25, -0.2) is 9.97 Å². The molecule has 0 radical (unpaired) electrons. The Kier molecular flexibility index (Phi) is 9.27. The fraction of sp³-hybridized carbons (Fsp3) is 0.407. The molecule has 1 aliphatic rings. The first-order valence-electron chi connectivity index (χ1n) is 13.0. The van der Waals surface area contributed by atoms with Crippen molar-refractivity contribution in [2.24, 2.45) is 5.92 Å². The first-order valence-corrected chi connectivity index (χ1v) is 13.9. The first kappa shape index (κ1) is 28.9. The van der Waals surface area contributed by atoms with Crippen LogP contribution in [0.4, 0.5) is 0 Å². The number of fused-ring (bicyclic) bond motifs is 4. The lowest BCUT2D eigenvalue weighted by Crippen LogP contribution is -2.55. The second kappa shape index (κ2) is 12.8. The van der Waals surface area contributed by atoms with Crippen molar-refractivity contribution in [3.8, 4) is 0 Å². The molecular formula is C27H32N6O6S. The topological polar surface area (TPSA) is 176 Å². The van der Waals surface area contributed by atoms with E-state index in [9.17, 15) is 24.3 Å². The van der Waals surface area contributed by atoms with Crippen molar-refractivity contribution in [3.05, 3.63) is 69.8 Å². The lowest BCUT2D eigenvalue weighted by atomic mass is 9.99. The van der Waals surface area contributed by atoms with Gasteiger partial charge >= 0.3 is 0 Å². The zero-order valence-corrected chi connectivity index (χ0v) is 23.2. The molecule has 3 heterocycles. The van der Waals surface area contributed by atoms with E-state index >= 15 is 0 Å². The van der Waals surface area contributed by atoms with Crippen LogP contribution in [-0.4, -0.2) is 57.4 Å². The molecule has 4 amide bonds. The summed E-state index contributed by atoms with van der Waals surface area (Å²) in [6, 6.07) is 5.42. The largest absolute Gasteiger partial charge is 0.446 e. The van der Waals surface area contributed by atoms with E-state index in [1.165, 1.54) is 17.6 Å². The number of aliphatic hydroxyl groups is 1. The number of hydrogen-bond donors (Lipinski definition) is 5. The third kappa shape index (κ3) is 6.72. The van der Waals surface area contributed by atoms with Crippen LogP contribution in [0.1, 0.15) is 76.7 Å². The molecular weight excluding hydrogens is 536 g/mol. The molecule has 3 aromatic rings. The van der Waals surface area contributed by atoms with Crippen LogP contribution in [-0.2, 0) is 16.0 Å². The second-order valence-electron chi connectivity index (χ2n) is 9.67. The lowest BCUT2D eigenvalue weighted by Gasteiger charge is -2.23. The van der Waals surface area contributed by atoms with Gasteiger partial charge in [0, 0.05) is 11.8 Å². The predicted octanol–water partition coefficient (Wildman–Crippen LogP) is 1.66. The van der Waals surface area contributed by atoms with Crippen LogP contribution in [0.2, 0.25) is 0 Å². The van der Waals surface area contributed by atoms with Gasteiger partial charge in [-0.1, -0.05) is 50.6 Å². The zero-order valence-electron chi connectivity index (χ0n) is 22.3. The lowest BCUT2D eigenvalue weighted by molar-refractivity contribution is -0.131. The molecule has 1 aliphatic heterocycles. The number of aliphatic hydroxyl groups excluding tert-OH is 1. The first-order chi connectivity index (χ1) is 19.2. The van der Waals surface area contributed by atoms with Gasteiger partial charge in [-0.15, -0.1) is 11.3 Å². The number of carbonyl (C=O) groups is 4. The molecule has 2 aromatic heterocycles. The molecule has 212 valence electrons. The van der Waals surface area contributed by atoms with E-state index in [0.29, 0.717) is 5.01 Å². The van der Waals surface area contributed by atoms with E-state index in [1.807, 2.05) is 44.2 Å². The summed E-state index contributed by atoms with van der Waals surface area (Å²) in [5, 5.41) is 22.8. The SMILES string of the molecule is CC[C@H](C)[C@H]1NC(=O)c2coc(n2)[C@H](C)NC(=O)[C@@H](CO)NC(=O)[C@@H](Cc2ccccc2)NC(=O)c2csc1n2. The van der Waals surface area contributed by atoms with Crippen molar-refractivity contribution < 1.29 is 28.7 Å². The molecule has 0 unspecified atom stereocenters. The van der Waals surface area contributed by atoms with Crippen LogP contribution in [0.15, 0.2) is 46.4 Å². The van der Waals surface area contributed by atoms with Gasteiger partial charge in [0.05, 0.1) is 12.6 Å². The number of amides is 4. The summed E-state index contributed by atoms with van der Waals surface area (Å²) in [4.78, 5) is 61.2. The van der Waals surface area contributed by atoms with Gasteiger partial charge in [0.25, 0.3) is 11.8 Å². The van der Waals surface area contributed by atoms with Crippen molar-refractivity contribution in [1.29, 1.82) is 0 Å². The van der Waals surface area contributed by atoms with Crippen LogP contribution in [0, 0.1) is 5.92 Å². The van der Waals surface area contributed by atoms with E-state index in [4.69, 9.17) is 4.42 Å². The third-order valence-corrected chi connectivity index (χ3v) is 7.65. The summed E-state index contributed by atoms with van der Waals surface area (Å²) in [7, 11) is 0. The number of nitrogens with one attached hydrogen (secondary N) is 4. The van der Waals surface area contributed by atoms with E-state index in [1.54, 1.807) is 12.3 Å². The summed E-state index contributed by atoms with van der Waals surface area (Å²) < 4.78 is 5.45. The normalized spacial score (nSPS) is 23.2. The minimum absolute atomic E-state index is 0.0100. The molecule has 0 saturated heterocycles. The van der Waals surface area contributed by atoms with Crippen molar-refractivity contribution in [1.82, 2.24) is 31.2 Å². The Labute approximate surface area is 235 Å². The maximum atomic E-state index is 13.3. The number of oxazole rings is 1. The molecule has 40 heavy (non-hydrogen) atoms. The zero-order chi connectivity index (χ0) is 28.8. The Morgan fingerprint density at radius 1 is 0.950 bits per heavy atom. The van der Waals surface area contributed by atoms with Crippen LogP contribution >= 0.6 is 11.3 Å². The highest BCUT2D eigenvalue weighted by atomic mass is 32.1. The van der Waals surface area contributed by atoms with Crippen molar-refractivity contribution in [2.45, 2.75) is 57.8 Å². The van der Waals surface area contributed by atoms with Crippen molar-refractivity contribution in [3.63, 3.8) is 0 Å². The highest BCUT2D eigenvalue weighted by Crippen LogP contribution is 2.28. The second-order valence-corrected chi connectivity index (χ2v) is 10.6. The number of nitrogens with zero attached hydrogens (tertiary/aromatic N) is 2. The van der Waals surface area contributed by atoms with E-state index in [2.05, 4.69) is 31.2 Å². The van der Waals surface area contributed by atoms with Crippen LogP contribution in [0.5, 0.6) is 0 Å². The highest BCUT2D eigenvalue weighted by Gasteiger charge is 2.31. The van der Waals surface area contributed by atoms with Gasteiger partial charge in [0.15, 0.2) is 5.69 Å². The Morgan fingerprint density at radius 3 is 2.35 bits per heavy atom. The average Bonchev–Trinajstić information content (AvgIpc) is 3.64. The van der Waals surface area contributed by atoms with Crippen LogP contribution in [0.25, 0.3) is 0 Å². The number of carbonyl (C=O) groups excluding carboxylic acids is 4. The number of thiazole rings is 1. The maximum absolute atomic E-state index is 13.3. The monoisotopic (exact) mass is 568 g/mol. The molecule has 0 aliphatic carbocycles. The molecule has 4 bridgehead atoms. The quantitative estimate of drug-likeness (QED) is 0.309. The summed E-state index contributed by atoms with van der Waals surface area (Å²) >= 11 is 1.22. The summed E-state index contributed by atoms with van der Waals surface area (Å²) in [6.45, 7) is 4.84. The maximum Gasteiger partial charge on any atom is 0.273 e. The molecule has 0 fully saturated rings. The Balaban J connectivity index is 1.71. The Hall–Kier alpha value is -4.10. The smallest absolute Gasteiger partial charge is 0.273 e. The number of aromatic nitrogens is 2. The van der Waals surface area contributed by atoms with Crippen LogP contribution in [0.3, 0.4) is 0 Å². The fourth-order valence-electron chi connectivity index (χ4n) is 4.16. The van der Waals surface area contributed by atoms with E-state index < -0.39 is 54.4 Å². The molecule has 5 atom stereocenters. The molecule has 12 nitrogen and oxygen atoms in total. The summed E-state index contributed by atoms with van der Waals surface area (Å²) in [6.07, 6.45) is 2.05. The molecule has 0 spiro atoms. The standard InChI is InChI=1S/C27H32N6O6S/c1-4-14(2)21-27-32-20(13-40-27)25(38)29-17(10-16-8-6-5-7-9-16)22(35)30-18(11-34)23(36)28-15(3)26-31-19(12-39-26)24(37)33-21/h5-9,12-15,17-18,21,34H,4,10-11H2,1-3H3,(H,28,36)(H,29,38)(H,30,35)(H,33,37)/t14-,15-,17+,18+,21+/m0/s1. The van der Waals surface area contributed by atoms with Gasteiger partial charge in [0.1, 0.15) is 35.1 Å². The van der Waals surface area contributed by atoms with Gasteiger partial charge in [-0.3, -0.25) is 19.2 Å². The average molecular weight is 569 g/mol. The molecule has 0 saturated carbocycles. The minimum atomic E-state index is -1.32. The van der Waals surface area contributed by atoms with E-state index in [0.717, 1.165) is 12.0 Å². The minimum Gasteiger partial charge on any atom is -0.446 e. The van der Waals surface area contributed by atoms with Gasteiger partial charge in [0.2, 0.25) is 17.7 Å². The molecule has 5 N–H and O–H groups in total. The molecule has 13 heteroatoms. The molecule has 1 aromatic carbocycles. The number of hydrogen-bond acceptors (Lipinski definition) is 9. The van der Waals surface area contributed by atoms with Gasteiger partial charge < -0.3 is 30.8 Å². The molecule has 4 rings (SSSR count). The summed E-state index contributed by atoms with van der Waals surface area (Å²) in [5.74, 6) is -2.38. The number of rotatable bonds is 5. The predicted molar refractivity (Wildman–Crippen MR) is 145 cm³/mol. The Morgan fingerprint density at radius 2 is 1.65 bits per heavy atom.